The van der Waals surface area contributed by atoms with Crippen LogP contribution in [0.1, 0.15) is 12.8 Å². The minimum absolute atomic E-state index is 0.210. The fraction of sp³-hybridized carbons (Fsp3) is 0.357. The van der Waals surface area contributed by atoms with Gasteiger partial charge in [0.15, 0.2) is 5.82 Å². The van der Waals surface area contributed by atoms with E-state index in [2.05, 4.69) is 20.5 Å². The van der Waals surface area contributed by atoms with E-state index in [1.54, 1.807) is 7.11 Å². The summed E-state index contributed by atoms with van der Waals surface area (Å²) >= 11 is 0. The van der Waals surface area contributed by atoms with Gasteiger partial charge in [-0.05, 0) is 25.0 Å². The first-order valence-electron chi connectivity index (χ1n) is 6.76. The van der Waals surface area contributed by atoms with Crippen molar-refractivity contribution in [1.29, 1.82) is 0 Å². The van der Waals surface area contributed by atoms with E-state index in [1.165, 1.54) is 0 Å². The second-order valence-electron chi connectivity index (χ2n) is 4.70. The summed E-state index contributed by atoms with van der Waals surface area (Å²) in [4.78, 5) is 16.2. The van der Waals surface area contributed by atoms with E-state index in [4.69, 9.17) is 9.47 Å². The van der Waals surface area contributed by atoms with Gasteiger partial charge in [0.25, 0.3) is 5.91 Å². The second-order valence-corrected chi connectivity index (χ2v) is 4.70. The number of methoxy groups -OCH3 is 1. The third-order valence-corrected chi connectivity index (χ3v) is 3.30. The third kappa shape index (κ3) is 2.87. The fourth-order valence-electron chi connectivity index (χ4n) is 2.25. The van der Waals surface area contributed by atoms with Crippen molar-refractivity contribution in [2.24, 2.45) is 0 Å². The lowest BCUT2D eigenvalue weighted by atomic mass is 10.2. The molecule has 1 aromatic heterocycles. The number of anilines is 1. The summed E-state index contributed by atoms with van der Waals surface area (Å²) in [5.41, 5.74) is 0.783. The first-order valence-corrected chi connectivity index (χ1v) is 6.76. The third-order valence-electron chi connectivity index (χ3n) is 3.30. The Kier molecular flexibility index (Phi) is 3.83. The minimum atomic E-state index is -0.404. The molecule has 0 radical (unpaired) electrons. The predicted octanol–water partition coefficient (Wildman–Crippen LogP) is 1.60. The molecule has 0 aliphatic carbocycles. The molecule has 1 saturated heterocycles. The van der Waals surface area contributed by atoms with Crippen LogP contribution in [0.5, 0.6) is 5.75 Å². The number of aromatic amines is 1. The summed E-state index contributed by atoms with van der Waals surface area (Å²) in [6.45, 7) is 0.624. The Hall–Kier alpha value is -2.41. The number of carbonyl (C=O) groups is 1. The van der Waals surface area contributed by atoms with Crippen LogP contribution in [-0.4, -0.2) is 40.9 Å². The van der Waals surface area contributed by atoms with Gasteiger partial charge in [-0.15, -0.1) is 5.10 Å². The normalized spacial score (nSPS) is 17.7. The topological polar surface area (TPSA) is 89.1 Å². The zero-order valence-corrected chi connectivity index (χ0v) is 11.6. The molecule has 0 unspecified atom stereocenters. The number of hydrogen-bond donors (Lipinski definition) is 2. The van der Waals surface area contributed by atoms with Crippen molar-refractivity contribution < 1.29 is 14.3 Å². The smallest absolute Gasteiger partial charge is 0.255 e. The largest absolute Gasteiger partial charge is 0.496 e. The van der Waals surface area contributed by atoms with E-state index >= 15 is 0 Å². The SMILES string of the molecule is COc1ccccc1-c1nc(NC(=O)[C@H]2CCCO2)n[nH]1. The van der Waals surface area contributed by atoms with Gasteiger partial charge in [-0.2, -0.15) is 4.98 Å². The van der Waals surface area contributed by atoms with Crippen molar-refractivity contribution in [3.63, 3.8) is 0 Å². The summed E-state index contributed by atoms with van der Waals surface area (Å²) in [5, 5.41) is 9.45. The molecule has 1 aromatic carbocycles. The molecule has 21 heavy (non-hydrogen) atoms. The summed E-state index contributed by atoms with van der Waals surface area (Å²) in [6, 6.07) is 7.46. The Bertz CT molecular complexity index is 635. The van der Waals surface area contributed by atoms with Gasteiger partial charge in [-0.3, -0.25) is 15.2 Å². The van der Waals surface area contributed by atoms with Gasteiger partial charge in [0.05, 0.1) is 12.7 Å². The van der Waals surface area contributed by atoms with Gasteiger partial charge in [-0.1, -0.05) is 12.1 Å². The van der Waals surface area contributed by atoms with E-state index in [0.717, 1.165) is 18.4 Å². The molecule has 1 atom stereocenters. The van der Waals surface area contributed by atoms with Crippen LogP contribution in [0.3, 0.4) is 0 Å². The molecule has 1 aliphatic rings. The van der Waals surface area contributed by atoms with Crippen LogP contribution in [0.25, 0.3) is 11.4 Å². The van der Waals surface area contributed by atoms with Crippen LogP contribution < -0.4 is 10.1 Å². The molecular formula is C14H16N4O3. The summed E-state index contributed by atoms with van der Waals surface area (Å²) in [6.07, 6.45) is 1.23. The molecule has 0 bridgehead atoms. The van der Waals surface area contributed by atoms with E-state index in [1.807, 2.05) is 24.3 Å². The number of rotatable bonds is 4. The van der Waals surface area contributed by atoms with Crippen LogP contribution in [0, 0.1) is 0 Å². The van der Waals surface area contributed by atoms with Gasteiger partial charge in [0, 0.05) is 6.61 Å². The van der Waals surface area contributed by atoms with Crippen molar-refractivity contribution in [3.05, 3.63) is 24.3 Å². The molecule has 1 amide bonds. The van der Waals surface area contributed by atoms with Crippen LogP contribution >= 0.6 is 0 Å². The maximum absolute atomic E-state index is 11.9. The van der Waals surface area contributed by atoms with Gasteiger partial charge in [0.1, 0.15) is 11.9 Å². The Morgan fingerprint density at radius 2 is 2.33 bits per heavy atom. The number of para-hydroxylation sites is 1. The first-order chi connectivity index (χ1) is 10.3. The molecular weight excluding hydrogens is 272 g/mol. The number of hydrogen-bond acceptors (Lipinski definition) is 5. The van der Waals surface area contributed by atoms with Crippen LogP contribution in [0.2, 0.25) is 0 Å². The number of H-pyrrole nitrogens is 1. The maximum Gasteiger partial charge on any atom is 0.255 e. The standard InChI is InChI=1S/C14H16N4O3/c1-20-10-6-3-2-5-9(10)12-15-14(18-17-12)16-13(19)11-7-4-8-21-11/h2-3,5-6,11H,4,7-8H2,1H3,(H2,15,16,17,18,19)/t11-/m1/s1. The lowest BCUT2D eigenvalue weighted by Crippen LogP contribution is -2.27. The Labute approximate surface area is 121 Å². The van der Waals surface area contributed by atoms with Gasteiger partial charge in [-0.25, -0.2) is 0 Å². The molecule has 0 spiro atoms. The van der Waals surface area contributed by atoms with Gasteiger partial charge < -0.3 is 9.47 Å². The second kappa shape index (κ2) is 5.92. The number of carbonyl (C=O) groups excluding carboxylic acids is 1. The number of ether oxygens (including phenoxy) is 2. The number of nitrogens with zero attached hydrogens (tertiary/aromatic N) is 2. The van der Waals surface area contributed by atoms with Crippen LogP contribution in [0.15, 0.2) is 24.3 Å². The molecule has 0 saturated carbocycles. The molecule has 110 valence electrons. The predicted molar refractivity (Wildman–Crippen MR) is 76.0 cm³/mol. The molecule has 2 aromatic rings. The molecule has 7 nitrogen and oxygen atoms in total. The highest BCUT2D eigenvalue weighted by Crippen LogP contribution is 2.27. The molecule has 7 heteroatoms. The first kappa shape index (κ1) is 13.6. The van der Waals surface area contributed by atoms with E-state index in [-0.39, 0.29) is 11.9 Å². The summed E-state index contributed by atoms with van der Waals surface area (Å²) in [7, 11) is 1.59. The summed E-state index contributed by atoms with van der Waals surface area (Å²) < 4.78 is 10.6. The van der Waals surface area contributed by atoms with Crippen LogP contribution in [0.4, 0.5) is 5.95 Å². The average Bonchev–Trinajstić information content (AvgIpc) is 3.18. The average molecular weight is 288 g/mol. The quantitative estimate of drug-likeness (QED) is 0.892. The summed E-state index contributed by atoms with van der Waals surface area (Å²) in [5.74, 6) is 1.25. The van der Waals surface area contributed by atoms with E-state index < -0.39 is 6.10 Å². The number of benzene rings is 1. The van der Waals surface area contributed by atoms with Gasteiger partial charge >= 0.3 is 0 Å². The van der Waals surface area contributed by atoms with Crippen LogP contribution in [-0.2, 0) is 9.53 Å². The maximum atomic E-state index is 11.9. The molecule has 1 fully saturated rings. The Balaban J connectivity index is 1.75. The van der Waals surface area contributed by atoms with Crippen molar-refractivity contribution in [3.8, 4) is 17.1 Å². The van der Waals surface area contributed by atoms with Crippen molar-refractivity contribution in [2.75, 3.05) is 19.0 Å². The van der Waals surface area contributed by atoms with E-state index in [0.29, 0.717) is 18.2 Å². The zero-order chi connectivity index (χ0) is 14.7. The minimum Gasteiger partial charge on any atom is -0.496 e. The lowest BCUT2D eigenvalue weighted by molar-refractivity contribution is -0.124. The molecule has 2 heterocycles. The molecule has 3 rings (SSSR count). The van der Waals surface area contributed by atoms with Crippen molar-refractivity contribution in [1.82, 2.24) is 15.2 Å². The highest BCUT2D eigenvalue weighted by molar-refractivity contribution is 5.93. The Morgan fingerprint density at radius 3 is 3.10 bits per heavy atom. The van der Waals surface area contributed by atoms with Crippen molar-refractivity contribution >= 4 is 11.9 Å². The van der Waals surface area contributed by atoms with E-state index in [9.17, 15) is 4.79 Å². The highest BCUT2D eigenvalue weighted by atomic mass is 16.5. The highest BCUT2D eigenvalue weighted by Gasteiger charge is 2.24. The monoisotopic (exact) mass is 288 g/mol. The number of amides is 1. The fourth-order valence-corrected chi connectivity index (χ4v) is 2.25. The molecule has 2 N–H and O–H groups in total. The molecule has 1 aliphatic heterocycles. The zero-order valence-electron chi connectivity index (χ0n) is 11.6. The number of aromatic nitrogens is 3. The van der Waals surface area contributed by atoms with Gasteiger partial charge in [0.2, 0.25) is 5.95 Å². The lowest BCUT2D eigenvalue weighted by Gasteiger charge is -2.07. The number of nitrogens with one attached hydrogen (secondary N) is 2. The Morgan fingerprint density at radius 1 is 1.48 bits per heavy atom. The van der Waals surface area contributed by atoms with Crippen molar-refractivity contribution in [2.45, 2.75) is 18.9 Å².